The van der Waals surface area contributed by atoms with E-state index in [1.54, 1.807) is 0 Å². The van der Waals surface area contributed by atoms with E-state index in [-0.39, 0.29) is 5.91 Å². The highest BCUT2D eigenvalue weighted by Gasteiger charge is 2.22. The van der Waals surface area contributed by atoms with Gasteiger partial charge in [0, 0.05) is 38.3 Å². The first-order valence-corrected chi connectivity index (χ1v) is 8.66. The number of ether oxygens (including phenoxy) is 2. The van der Waals surface area contributed by atoms with Gasteiger partial charge in [-0.3, -0.25) is 9.69 Å². The van der Waals surface area contributed by atoms with Gasteiger partial charge in [0.2, 0.25) is 6.79 Å². The van der Waals surface area contributed by atoms with Crippen LogP contribution >= 0.6 is 0 Å². The van der Waals surface area contributed by atoms with Crippen molar-refractivity contribution in [3.05, 3.63) is 59.2 Å². The quantitative estimate of drug-likeness (QED) is 0.863. The number of nitrogens with zero attached hydrogens (tertiary/aromatic N) is 2. The Kier molecular flexibility index (Phi) is 4.32. The largest absolute Gasteiger partial charge is 0.454 e. The molecule has 2 heterocycles. The van der Waals surface area contributed by atoms with E-state index in [1.165, 1.54) is 11.1 Å². The Labute approximate surface area is 147 Å². The number of amides is 1. The molecule has 0 radical (unpaired) electrons. The Morgan fingerprint density at radius 1 is 0.960 bits per heavy atom. The first-order valence-electron chi connectivity index (χ1n) is 8.66. The number of rotatable bonds is 3. The van der Waals surface area contributed by atoms with Crippen molar-refractivity contribution < 1.29 is 14.3 Å². The summed E-state index contributed by atoms with van der Waals surface area (Å²) in [6.45, 7) is 6.48. The summed E-state index contributed by atoms with van der Waals surface area (Å²) in [6, 6.07) is 13.9. The van der Waals surface area contributed by atoms with Crippen LogP contribution in [-0.2, 0) is 6.54 Å². The minimum atomic E-state index is 0.128. The normalized spacial score (nSPS) is 16.9. The molecule has 0 N–H and O–H groups in total. The molecule has 5 nitrogen and oxygen atoms in total. The number of aryl methyl sites for hydroxylation is 1. The lowest BCUT2D eigenvalue weighted by Gasteiger charge is -2.34. The molecule has 0 aliphatic carbocycles. The van der Waals surface area contributed by atoms with Crippen molar-refractivity contribution in [1.82, 2.24) is 9.80 Å². The predicted molar refractivity (Wildman–Crippen MR) is 94.9 cm³/mol. The molecule has 2 aliphatic rings. The van der Waals surface area contributed by atoms with Crippen LogP contribution in [0.25, 0.3) is 0 Å². The van der Waals surface area contributed by atoms with Gasteiger partial charge in [0.05, 0.1) is 0 Å². The summed E-state index contributed by atoms with van der Waals surface area (Å²) < 4.78 is 10.8. The van der Waals surface area contributed by atoms with Gasteiger partial charge in [-0.2, -0.15) is 0 Å². The van der Waals surface area contributed by atoms with Gasteiger partial charge < -0.3 is 14.4 Å². The Bertz CT molecular complexity index is 765. The maximum atomic E-state index is 12.6. The fourth-order valence-electron chi connectivity index (χ4n) is 3.29. The van der Waals surface area contributed by atoms with E-state index in [1.807, 2.05) is 48.2 Å². The lowest BCUT2D eigenvalue weighted by Crippen LogP contribution is -2.48. The maximum Gasteiger partial charge on any atom is 0.253 e. The van der Waals surface area contributed by atoms with Crippen LogP contribution in [-0.4, -0.2) is 48.7 Å². The highest BCUT2D eigenvalue weighted by Crippen LogP contribution is 2.32. The van der Waals surface area contributed by atoms with Gasteiger partial charge in [-0.1, -0.05) is 23.8 Å². The zero-order chi connectivity index (χ0) is 17.2. The van der Waals surface area contributed by atoms with Crippen molar-refractivity contribution in [2.24, 2.45) is 0 Å². The number of benzene rings is 2. The minimum absolute atomic E-state index is 0.128. The Balaban J connectivity index is 1.33. The average molecular weight is 338 g/mol. The third kappa shape index (κ3) is 3.46. The summed E-state index contributed by atoms with van der Waals surface area (Å²) in [5, 5.41) is 0. The first kappa shape index (κ1) is 16.0. The van der Waals surface area contributed by atoms with E-state index in [0.29, 0.717) is 6.79 Å². The van der Waals surface area contributed by atoms with Crippen molar-refractivity contribution in [2.45, 2.75) is 13.5 Å². The van der Waals surface area contributed by atoms with E-state index in [4.69, 9.17) is 9.47 Å². The maximum absolute atomic E-state index is 12.6. The number of fused-ring (bicyclic) bond motifs is 1. The van der Waals surface area contributed by atoms with Crippen LogP contribution in [0.5, 0.6) is 11.5 Å². The van der Waals surface area contributed by atoms with Crippen LogP contribution in [0.15, 0.2) is 42.5 Å². The third-order valence-corrected chi connectivity index (χ3v) is 4.80. The van der Waals surface area contributed by atoms with Crippen LogP contribution in [0.4, 0.5) is 0 Å². The van der Waals surface area contributed by atoms with Crippen LogP contribution in [0.3, 0.4) is 0 Å². The van der Waals surface area contributed by atoms with Crippen LogP contribution < -0.4 is 9.47 Å². The monoisotopic (exact) mass is 338 g/mol. The Morgan fingerprint density at radius 2 is 1.68 bits per heavy atom. The van der Waals surface area contributed by atoms with Crippen LogP contribution in [0.2, 0.25) is 0 Å². The molecular formula is C20H22N2O3. The van der Waals surface area contributed by atoms with E-state index >= 15 is 0 Å². The first-order chi connectivity index (χ1) is 12.2. The zero-order valence-corrected chi connectivity index (χ0v) is 14.4. The lowest BCUT2D eigenvalue weighted by molar-refractivity contribution is 0.0628. The summed E-state index contributed by atoms with van der Waals surface area (Å²) in [5.41, 5.74) is 3.16. The molecule has 1 amide bonds. The van der Waals surface area contributed by atoms with E-state index in [9.17, 15) is 4.79 Å². The Hall–Kier alpha value is -2.53. The van der Waals surface area contributed by atoms with Crippen molar-refractivity contribution in [1.29, 1.82) is 0 Å². The van der Waals surface area contributed by atoms with Crippen molar-refractivity contribution >= 4 is 5.91 Å². The molecular weight excluding hydrogens is 316 g/mol. The summed E-state index contributed by atoms with van der Waals surface area (Å²) in [7, 11) is 0. The second kappa shape index (κ2) is 6.76. The summed E-state index contributed by atoms with van der Waals surface area (Å²) >= 11 is 0. The van der Waals surface area contributed by atoms with Crippen molar-refractivity contribution in [2.75, 3.05) is 33.0 Å². The van der Waals surface area contributed by atoms with Gasteiger partial charge in [0.1, 0.15) is 0 Å². The molecule has 130 valence electrons. The second-order valence-electron chi connectivity index (χ2n) is 6.62. The molecule has 2 aliphatic heterocycles. The molecule has 2 aromatic carbocycles. The Morgan fingerprint density at radius 3 is 2.44 bits per heavy atom. The molecule has 0 saturated carbocycles. The number of carbonyl (C=O) groups excluding carboxylic acids is 1. The predicted octanol–water partition coefficient (Wildman–Crippen LogP) is 2.68. The highest BCUT2D eigenvalue weighted by atomic mass is 16.7. The zero-order valence-electron chi connectivity index (χ0n) is 14.4. The van der Waals surface area contributed by atoms with Gasteiger partial charge in [-0.25, -0.2) is 0 Å². The standard InChI is InChI=1S/C20H22N2O3/c1-15-2-5-17(6-3-15)20(23)22-10-8-21(9-11-22)13-16-4-7-18-19(12-16)25-14-24-18/h2-7,12H,8-11,13-14H2,1H3. The van der Waals surface area contributed by atoms with Crippen molar-refractivity contribution in [3.8, 4) is 11.5 Å². The third-order valence-electron chi connectivity index (χ3n) is 4.80. The SMILES string of the molecule is Cc1ccc(C(=O)N2CCN(Cc3ccc4c(c3)OCO4)CC2)cc1. The molecule has 0 bridgehead atoms. The fraction of sp³-hybridized carbons (Fsp3) is 0.350. The number of carbonyl (C=O) groups is 1. The van der Waals surface area contributed by atoms with Crippen molar-refractivity contribution in [3.63, 3.8) is 0 Å². The van der Waals surface area contributed by atoms with Gasteiger partial charge >= 0.3 is 0 Å². The topological polar surface area (TPSA) is 42.0 Å². The molecule has 5 heteroatoms. The van der Waals surface area contributed by atoms with Gasteiger partial charge in [-0.05, 0) is 36.8 Å². The van der Waals surface area contributed by atoms with Crippen LogP contribution in [0.1, 0.15) is 21.5 Å². The van der Waals surface area contributed by atoms with Gasteiger partial charge in [0.15, 0.2) is 11.5 Å². The summed E-state index contributed by atoms with van der Waals surface area (Å²) in [5.74, 6) is 1.77. The number of hydrogen-bond donors (Lipinski definition) is 0. The molecule has 2 aromatic rings. The molecule has 0 unspecified atom stereocenters. The summed E-state index contributed by atoms with van der Waals surface area (Å²) in [4.78, 5) is 16.9. The summed E-state index contributed by atoms with van der Waals surface area (Å²) in [6.07, 6.45) is 0. The second-order valence-corrected chi connectivity index (χ2v) is 6.62. The highest BCUT2D eigenvalue weighted by molar-refractivity contribution is 5.94. The van der Waals surface area contributed by atoms with E-state index in [0.717, 1.165) is 49.8 Å². The number of hydrogen-bond acceptors (Lipinski definition) is 4. The fourth-order valence-corrected chi connectivity index (χ4v) is 3.29. The van der Waals surface area contributed by atoms with Gasteiger partial charge in [-0.15, -0.1) is 0 Å². The van der Waals surface area contributed by atoms with Gasteiger partial charge in [0.25, 0.3) is 5.91 Å². The molecule has 4 rings (SSSR count). The molecule has 0 aromatic heterocycles. The van der Waals surface area contributed by atoms with E-state index in [2.05, 4.69) is 11.0 Å². The minimum Gasteiger partial charge on any atom is -0.454 e. The number of piperazine rings is 1. The molecule has 25 heavy (non-hydrogen) atoms. The molecule has 0 atom stereocenters. The average Bonchev–Trinajstić information content (AvgIpc) is 3.10. The molecule has 0 spiro atoms. The van der Waals surface area contributed by atoms with E-state index < -0.39 is 0 Å². The lowest BCUT2D eigenvalue weighted by atomic mass is 10.1. The molecule has 1 fully saturated rings. The molecule has 1 saturated heterocycles. The van der Waals surface area contributed by atoms with Crippen LogP contribution in [0, 0.1) is 6.92 Å². The smallest absolute Gasteiger partial charge is 0.253 e.